The molecule has 0 aromatic rings. The van der Waals surface area contributed by atoms with Crippen LogP contribution in [0.4, 0.5) is 0 Å². The van der Waals surface area contributed by atoms with E-state index in [1.807, 2.05) is 13.8 Å². The molecule has 1 fully saturated rings. The Labute approximate surface area is 105 Å². The van der Waals surface area contributed by atoms with E-state index in [2.05, 4.69) is 24.1 Å². The lowest BCUT2D eigenvalue weighted by Crippen LogP contribution is -2.43. The van der Waals surface area contributed by atoms with Gasteiger partial charge in [0, 0.05) is 25.2 Å². The van der Waals surface area contributed by atoms with Crippen molar-refractivity contribution in [1.82, 2.24) is 10.2 Å². The second-order valence-corrected chi connectivity index (χ2v) is 5.83. The van der Waals surface area contributed by atoms with Crippen LogP contribution in [-0.2, 0) is 9.53 Å². The number of ether oxygens (including phenoxy) is 1. The van der Waals surface area contributed by atoms with Gasteiger partial charge < -0.3 is 10.1 Å². The van der Waals surface area contributed by atoms with Gasteiger partial charge in [0.1, 0.15) is 0 Å². The molecule has 1 aliphatic rings. The summed E-state index contributed by atoms with van der Waals surface area (Å²) in [5.41, 5.74) is -0.444. The number of methoxy groups -OCH3 is 1. The van der Waals surface area contributed by atoms with E-state index in [0.29, 0.717) is 18.6 Å². The molecule has 0 spiro atoms. The average Bonchev–Trinajstić information content (AvgIpc) is 2.74. The van der Waals surface area contributed by atoms with E-state index in [4.69, 9.17) is 4.74 Å². The van der Waals surface area contributed by atoms with Gasteiger partial charge in [0.2, 0.25) is 0 Å². The second-order valence-electron chi connectivity index (χ2n) is 5.83. The highest BCUT2D eigenvalue weighted by Crippen LogP contribution is 2.18. The largest absolute Gasteiger partial charge is 0.469 e. The molecule has 0 amide bonds. The Morgan fingerprint density at radius 1 is 1.53 bits per heavy atom. The molecule has 0 aliphatic carbocycles. The topological polar surface area (TPSA) is 41.6 Å². The van der Waals surface area contributed by atoms with Crippen molar-refractivity contribution < 1.29 is 9.53 Å². The summed E-state index contributed by atoms with van der Waals surface area (Å²) in [5.74, 6) is -0.149. The summed E-state index contributed by atoms with van der Waals surface area (Å²) < 4.78 is 4.80. The van der Waals surface area contributed by atoms with Crippen molar-refractivity contribution in [2.75, 3.05) is 26.7 Å². The molecule has 1 atom stereocenters. The van der Waals surface area contributed by atoms with Crippen LogP contribution in [0.15, 0.2) is 0 Å². The Balaban J connectivity index is 2.35. The molecule has 1 aliphatic heterocycles. The van der Waals surface area contributed by atoms with Crippen molar-refractivity contribution in [3.63, 3.8) is 0 Å². The van der Waals surface area contributed by atoms with Crippen LogP contribution in [0.3, 0.4) is 0 Å². The quantitative estimate of drug-likeness (QED) is 0.737. The lowest BCUT2D eigenvalue weighted by atomic mass is 9.93. The van der Waals surface area contributed by atoms with Crippen LogP contribution in [-0.4, -0.2) is 49.7 Å². The minimum Gasteiger partial charge on any atom is -0.469 e. The maximum absolute atomic E-state index is 11.5. The van der Waals surface area contributed by atoms with Crippen molar-refractivity contribution in [3.05, 3.63) is 0 Å². The minimum absolute atomic E-state index is 0.149. The van der Waals surface area contributed by atoms with Crippen LogP contribution in [0, 0.1) is 5.41 Å². The minimum atomic E-state index is -0.444. The monoisotopic (exact) mass is 242 g/mol. The third-order valence-electron chi connectivity index (χ3n) is 3.52. The van der Waals surface area contributed by atoms with Crippen LogP contribution < -0.4 is 5.32 Å². The maximum Gasteiger partial charge on any atom is 0.312 e. The molecule has 1 N–H and O–H groups in total. The van der Waals surface area contributed by atoms with Crippen LogP contribution in [0.2, 0.25) is 0 Å². The molecule has 1 unspecified atom stereocenters. The smallest absolute Gasteiger partial charge is 0.312 e. The van der Waals surface area contributed by atoms with Crippen LogP contribution in [0.25, 0.3) is 0 Å². The van der Waals surface area contributed by atoms with E-state index in [1.54, 1.807) is 0 Å². The van der Waals surface area contributed by atoms with Gasteiger partial charge in [0.05, 0.1) is 12.5 Å². The van der Waals surface area contributed by atoms with Crippen molar-refractivity contribution in [2.24, 2.45) is 5.41 Å². The fourth-order valence-corrected chi connectivity index (χ4v) is 2.17. The molecule has 0 aromatic heterocycles. The van der Waals surface area contributed by atoms with E-state index in [0.717, 1.165) is 19.5 Å². The number of nitrogens with one attached hydrogen (secondary N) is 1. The summed E-state index contributed by atoms with van der Waals surface area (Å²) >= 11 is 0. The average molecular weight is 242 g/mol. The Bertz CT molecular complexity index is 264. The molecule has 1 saturated heterocycles. The molecule has 0 aromatic carbocycles. The highest BCUT2D eigenvalue weighted by atomic mass is 16.5. The number of esters is 1. The van der Waals surface area contributed by atoms with Gasteiger partial charge in [0.15, 0.2) is 0 Å². The molecular formula is C13H26N2O2. The summed E-state index contributed by atoms with van der Waals surface area (Å²) in [6.45, 7) is 11.2. The number of nitrogens with zero attached hydrogens (tertiary/aromatic N) is 1. The van der Waals surface area contributed by atoms with E-state index in [1.165, 1.54) is 7.11 Å². The molecular weight excluding hydrogens is 216 g/mol. The highest BCUT2D eigenvalue weighted by Gasteiger charge is 2.31. The first kappa shape index (κ1) is 14.5. The molecule has 17 heavy (non-hydrogen) atoms. The number of hydrogen-bond acceptors (Lipinski definition) is 4. The first-order chi connectivity index (χ1) is 7.86. The van der Waals surface area contributed by atoms with Crippen LogP contribution >= 0.6 is 0 Å². The third-order valence-corrected chi connectivity index (χ3v) is 3.52. The van der Waals surface area contributed by atoms with Crippen molar-refractivity contribution in [2.45, 2.75) is 46.2 Å². The normalized spacial score (nSPS) is 22.1. The van der Waals surface area contributed by atoms with Gasteiger partial charge in [-0.3, -0.25) is 9.69 Å². The SMILES string of the molecule is COC(=O)C(C)(C)CNC1CCN(C(C)C)C1. The zero-order valence-electron chi connectivity index (χ0n) is 11.7. The molecule has 100 valence electrons. The van der Waals surface area contributed by atoms with Gasteiger partial charge in [0.25, 0.3) is 0 Å². The fraction of sp³-hybridized carbons (Fsp3) is 0.923. The van der Waals surface area contributed by atoms with E-state index in [9.17, 15) is 4.79 Å². The van der Waals surface area contributed by atoms with Gasteiger partial charge in [-0.15, -0.1) is 0 Å². The Kier molecular flexibility index (Phi) is 4.95. The van der Waals surface area contributed by atoms with Crippen molar-refractivity contribution in [3.8, 4) is 0 Å². The molecule has 0 radical (unpaired) electrons. The first-order valence-electron chi connectivity index (χ1n) is 6.42. The summed E-state index contributed by atoms with van der Waals surface area (Å²) in [7, 11) is 1.44. The Morgan fingerprint density at radius 2 is 2.18 bits per heavy atom. The standard InChI is InChI=1S/C13H26N2O2/c1-10(2)15-7-6-11(8-15)14-9-13(3,4)12(16)17-5/h10-11,14H,6-9H2,1-5H3. The number of hydrogen-bond donors (Lipinski definition) is 1. The zero-order chi connectivity index (χ0) is 13.1. The summed E-state index contributed by atoms with van der Waals surface area (Å²) in [4.78, 5) is 14.0. The summed E-state index contributed by atoms with van der Waals surface area (Å²) in [6.07, 6.45) is 1.16. The lowest BCUT2D eigenvalue weighted by molar-refractivity contribution is -0.150. The van der Waals surface area contributed by atoms with E-state index >= 15 is 0 Å². The van der Waals surface area contributed by atoms with E-state index < -0.39 is 5.41 Å². The Hall–Kier alpha value is -0.610. The molecule has 0 saturated carbocycles. The van der Waals surface area contributed by atoms with Gasteiger partial charge in [-0.2, -0.15) is 0 Å². The highest BCUT2D eigenvalue weighted by molar-refractivity contribution is 5.76. The van der Waals surface area contributed by atoms with E-state index in [-0.39, 0.29) is 5.97 Å². The molecule has 1 heterocycles. The zero-order valence-corrected chi connectivity index (χ0v) is 11.7. The number of carbonyl (C=O) groups is 1. The maximum atomic E-state index is 11.5. The van der Waals surface area contributed by atoms with Gasteiger partial charge >= 0.3 is 5.97 Å². The van der Waals surface area contributed by atoms with Gasteiger partial charge in [-0.1, -0.05) is 0 Å². The number of carbonyl (C=O) groups excluding carboxylic acids is 1. The Morgan fingerprint density at radius 3 is 2.65 bits per heavy atom. The summed E-state index contributed by atoms with van der Waals surface area (Å²) in [6, 6.07) is 1.11. The van der Waals surface area contributed by atoms with Crippen LogP contribution in [0.5, 0.6) is 0 Å². The molecule has 1 rings (SSSR count). The second kappa shape index (κ2) is 5.83. The predicted octanol–water partition coefficient (Wildman–Crippen LogP) is 1.26. The van der Waals surface area contributed by atoms with Crippen molar-refractivity contribution in [1.29, 1.82) is 0 Å². The molecule has 4 nitrogen and oxygen atoms in total. The number of rotatable bonds is 5. The molecule has 0 bridgehead atoms. The van der Waals surface area contributed by atoms with Crippen molar-refractivity contribution >= 4 is 5.97 Å². The third kappa shape index (κ3) is 3.96. The first-order valence-corrected chi connectivity index (χ1v) is 6.42. The fourth-order valence-electron chi connectivity index (χ4n) is 2.17. The lowest BCUT2D eigenvalue weighted by Gasteiger charge is -2.25. The molecule has 4 heteroatoms. The predicted molar refractivity (Wildman–Crippen MR) is 68.9 cm³/mol. The summed E-state index contributed by atoms with van der Waals surface area (Å²) in [5, 5.41) is 3.48. The van der Waals surface area contributed by atoms with Crippen LogP contribution in [0.1, 0.15) is 34.1 Å². The van der Waals surface area contributed by atoms with Gasteiger partial charge in [-0.05, 0) is 40.7 Å². The van der Waals surface area contributed by atoms with Gasteiger partial charge in [-0.25, -0.2) is 0 Å². The number of likely N-dealkylation sites (tertiary alicyclic amines) is 1.